The van der Waals surface area contributed by atoms with Crippen molar-refractivity contribution in [3.63, 3.8) is 0 Å². The van der Waals surface area contributed by atoms with Gasteiger partial charge in [0.1, 0.15) is 11.5 Å². The van der Waals surface area contributed by atoms with Gasteiger partial charge in [-0.05, 0) is 135 Å². The summed E-state index contributed by atoms with van der Waals surface area (Å²) in [5, 5.41) is 0. The lowest BCUT2D eigenvalue weighted by atomic mass is 10.0. The zero-order valence-corrected chi connectivity index (χ0v) is 23.8. The van der Waals surface area contributed by atoms with Crippen LogP contribution in [0.3, 0.4) is 0 Å². The van der Waals surface area contributed by atoms with Gasteiger partial charge in [0.2, 0.25) is 0 Å². The summed E-state index contributed by atoms with van der Waals surface area (Å²) in [6.07, 6.45) is 11.0. The molecule has 0 unspecified atom stereocenters. The first-order valence-corrected chi connectivity index (χ1v) is 14.4. The number of aryl methyl sites for hydroxylation is 2. The SMILES string of the molecule is CCOc1ccc(C=Nc2ccc(CCCCCCc3ccc(N=Cc4ccc(OCC)cc4)cc3)cc2)cc1. The maximum Gasteiger partial charge on any atom is 0.119 e. The minimum absolute atomic E-state index is 0.679. The summed E-state index contributed by atoms with van der Waals surface area (Å²) in [5.74, 6) is 1.78. The standard InChI is InChI=1S/C36H40N2O2/c1-3-39-35-23-15-31(16-24-35)27-37-33-19-11-29(12-20-33)9-7-5-6-8-10-30-13-21-34(22-14-30)38-28-32-17-25-36(26-18-32)40-4-2/h11-28H,3-10H2,1-2H3. The van der Waals surface area contributed by atoms with Gasteiger partial charge >= 0.3 is 0 Å². The monoisotopic (exact) mass is 532 g/mol. The van der Waals surface area contributed by atoms with Crippen molar-refractivity contribution in [3.05, 3.63) is 119 Å². The van der Waals surface area contributed by atoms with Crippen LogP contribution in [-0.2, 0) is 12.8 Å². The summed E-state index contributed by atoms with van der Waals surface area (Å²) in [6, 6.07) is 33.2. The van der Waals surface area contributed by atoms with Gasteiger partial charge in [-0.1, -0.05) is 37.1 Å². The van der Waals surface area contributed by atoms with Crippen molar-refractivity contribution in [3.8, 4) is 11.5 Å². The molecule has 4 heteroatoms. The molecule has 0 spiro atoms. The highest BCUT2D eigenvalue weighted by atomic mass is 16.5. The van der Waals surface area contributed by atoms with Crippen LogP contribution in [0.2, 0.25) is 0 Å². The highest BCUT2D eigenvalue weighted by Gasteiger charge is 1.99. The Hall–Kier alpha value is -4.18. The van der Waals surface area contributed by atoms with Gasteiger partial charge in [-0.25, -0.2) is 0 Å². The summed E-state index contributed by atoms with van der Waals surface area (Å²) in [6.45, 7) is 5.34. The molecule has 0 heterocycles. The summed E-state index contributed by atoms with van der Waals surface area (Å²) >= 11 is 0. The molecule has 0 saturated carbocycles. The minimum atomic E-state index is 0.679. The zero-order valence-electron chi connectivity index (χ0n) is 23.8. The van der Waals surface area contributed by atoms with Crippen molar-refractivity contribution < 1.29 is 9.47 Å². The first kappa shape index (κ1) is 28.8. The number of ether oxygens (including phenoxy) is 2. The Kier molecular flexibility index (Phi) is 11.6. The zero-order chi connectivity index (χ0) is 27.8. The second-order valence-electron chi connectivity index (χ2n) is 9.77. The Morgan fingerprint density at radius 2 is 0.850 bits per heavy atom. The Balaban J connectivity index is 1.11. The van der Waals surface area contributed by atoms with E-state index in [1.165, 1.54) is 36.8 Å². The third kappa shape index (κ3) is 9.85. The molecule has 0 aromatic heterocycles. The number of hydrogen-bond acceptors (Lipinski definition) is 4. The lowest BCUT2D eigenvalue weighted by molar-refractivity contribution is 0.340. The van der Waals surface area contributed by atoms with E-state index in [4.69, 9.17) is 9.47 Å². The number of benzene rings is 4. The van der Waals surface area contributed by atoms with Gasteiger partial charge in [0.05, 0.1) is 24.6 Å². The van der Waals surface area contributed by atoms with Crippen LogP contribution in [0.15, 0.2) is 107 Å². The van der Waals surface area contributed by atoms with Crippen LogP contribution in [0.1, 0.15) is 61.8 Å². The molecule has 40 heavy (non-hydrogen) atoms. The molecular formula is C36H40N2O2. The van der Waals surface area contributed by atoms with E-state index >= 15 is 0 Å². The van der Waals surface area contributed by atoms with Crippen molar-refractivity contribution in [1.82, 2.24) is 0 Å². The van der Waals surface area contributed by atoms with E-state index in [1.807, 2.05) is 74.8 Å². The smallest absolute Gasteiger partial charge is 0.119 e. The number of hydrogen-bond donors (Lipinski definition) is 0. The van der Waals surface area contributed by atoms with E-state index in [2.05, 4.69) is 58.5 Å². The molecule has 0 amide bonds. The van der Waals surface area contributed by atoms with Gasteiger partial charge in [-0.3, -0.25) is 9.98 Å². The van der Waals surface area contributed by atoms with E-state index in [1.54, 1.807) is 0 Å². The number of nitrogens with zero attached hydrogens (tertiary/aromatic N) is 2. The number of rotatable bonds is 15. The lowest BCUT2D eigenvalue weighted by Crippen LogP contribution is -1.91. The van der Waals surface area contributed by atoms with E-state index in [0.717, 1.165) is 46.8 Å². The quantitative estimate of drug-likeness (QED) is 0.113. The molecule has 4 rings (SSSR count). The summed E-state index contributed by atoms with van der Waals surface area (Å²) < 4.78 is 11.0. The van der Waals surface area contributed by atoms with Crippen LogP contribution >= 0.6 is 0 Å². The summed E-state index contributed by atoms with van der Waals surface area (Å²) in [5.41, 5.74) is 6.84. The molecule has 206 valence electrons. The van der Waals surface area contributed by atoms with Crippen molar-refractivity contribution >= 4 is 23.8 Å². The van der Waals surface area contributed by atoms with Crippen LogP contribution in [0.25, 0.3) is 0 Å². The van der Waals surface area contributed by atoms with E-state index in [9.17, 15) is 0 Å². The third-order valence-corrected chi connectivity index (χ3v) is 6.66. The molecule has 4 aromatic carbocycles. The maximum absolute atomic E-state index is 5.49. The van der Waals surface area contributed by atoms with Gasteiger partial charge < -0.3 is 9.47 Å². The predicted molar refractivity (Wildman–Crippen MR) is 168 cm³/mol. The highest BCUT2D eigenvalue weighted by molar-refractivity contribution is 5.82. The van der Waals surface area contributed by atoms with Crippen LogP contribution in [-0.4, -0.2) is 25.6 Å². The van der Waals surface area contributed by atoms with Crippen LogP contribution in [0.5, 0.6) is 11.5 Å². The summed E-state index contributed by atoms with van der Waals surface area (Å²) in [7, 11) is 0. The molecule has 0 aliphatic carbocycles. The van der Waals surface area contributed by atoms with Gasteiger partial charge in [0, 0.05) is 12.4 Å². The fourth-order valence-corrected chi connectivity index (χ4v) is 4.44. The molecular weight excluding hydrogens is 492 g/mol. The van der Waals surface area contributed by atoms with Crippen LogP contribution in [0, 0.1) is 0 Å². The molecule has 0 fully saturated rings. The largest absolute Gasteiger partial charge is 0.494 e. The Morgan fingerprint density at radius 1 is 0.475 bits per heavy atom. The molecule has 0 atom stereocenters. The van der Waals surface area contributed by atoms with Gasteiger partial charge in [0.15, 0.2) is 0 Å². The predicted octanol–water partition coefficient (Wildman–Crippen LogP) is 9.33. The molecule has 0 saturated heterocycles. The maximum atomic E-state index is 5.49. The van der Waals surface area contributed by atoms with Crippen LogP contribution < -0.4 is 9.47 Å². The minimum Gasteiger partial charge on any atom is -0.494 e. The molecule has 0 N–H and O–H groups in total. The normalized spacial score (nSPS) is 11.3. The van der Waals surface area contributed by atoms with Crippen molar-refractivity contribution in [2.75, 3.05) is 13.2 Å². The van der Waals surface area contributed by atoms with Crippen molar-refractivity contribution in [2.24, 2.45) is 9.98 Å². The third-order valence-electron chi connectivity index (χ3n) is 6.66. The second kappa shape index (κ2) is 16.0. The van der Waals surface area contributed by atoms with Crippen molar-refractivity contribution in [2.45, 2.75) is 52.4 Å². The van der Waals surface area contributed by atoms with Gasteiger partial charge in [-0.15, -0.1) is 0 Å². The molecule has 0 bridgehead atoms. The van der Waals surface area contributed by atoms with Crippen LogP contribution in [0.4, 0.5) is 11.4 Å². The highest BCUT2D eigenvalue weighted by Crippen LogP contribution is 2.19. The van der Waals surface area contributed by atoms with E-state index < -0.39 is 0 Å². The average Bonchev–Trinajstić information content (AvgIpc) is 3.00. The Labute approximate surface area is 239 Å². The molecule has 0 aliphatic rings. The van der Waals surface area contributed by atoms with Crippen molar-refractivity contribution in [1.29, 1.82) is 0 Å². The molecule has 0 aliphatic heterocycles. The summed E-state index contributed by atoms with van der Waals surface area (Å²) in [4.78, 5) is 9.21. The molecule has 4 nitrogen and oxygen atoms in total. The molecule has 4 aromatic rings. The molecule has 0 radical (unpaired) electrons. The number of aliphatic imine (C=N–C) groups is 2. The van der Waals surface area contributed by atoms with E-state index in [0.29, 0.717) is 13.2 Å². The Bertz CT molecular complexity index is 1220. The van der Waals surface area contributed by atoms with E-state index in [-0.39, 0.29) is 0 Å². The number of unbranched alkanes of at least 4 members (excludes halogenated alkanes) is 3. The van der Waals surface area contributed by atoms with Gasteiger partial charge in [0.25, 0.3) is 0 Å². The first-order valence-electron chi connectivity index (χ1n) is 14.4. The lowest BCUT2D eigenvalue weighted by Gasteiger charge is -2.04. The average molecular weight is 533 g/mol. The topological polar surface area (TPSA) is 43.2 Å². The fraction of sp³-hybridized carbons (Fsp3) is 0.278. The fourth-order valence-electron chi connectivity index (χ4n) is 4.44. The second-order valence-corrected chi connectivity index (χ2v) is 9.77. The Morgan fingerprint density at radius 3 is 1.20 bits per heavy atom. The first-order chi connectivity index (χ1) is 19.7. The van der Waals surface area contributed by atoms with Gasteiger partial charge in [-0.2, -0.15) is 0 Å².